The van der Waals surface area contributed by atoms with E-state index in [1.54, 1.807) is 24.3 Å². The molecule has 3 aromatic rings. The number of hydrogen-bond acceptors (Lipinski definition) is 8. The number of halogens is 4. The van der Waals surface area contributed by atoms with Crippen LogP contribution in [0.25, 0.3) is 0 Å². The zero-order chi connectivity index (χ0) is 28.3. The van der Waals surface area contributed by atoms with Gasteiger partial charge in [-0.15, -0.1) is 46.4 Å². The second-order valence-corrected chi connectivity index (χ2v) is 9.98. The Morgan fingerprint density at radius 3 is 1.05 bits per heavy atom. The van der Waals surface area contributed by atoms with Crippen molar-refractivity contribution in [3.63, 3.8) is 0 Å². The highest BCUT2D eigenvalue weighted by Crippen LogP contribution is 2.44. The zero-order valence-corrected chi connectivity index (χ0v) is 22.0. The SMILES string of the molecule is [O-][NH+](O)c1ccc([C@@H](Cl)[C@H](Cl)c2ccc([C@H](Cl)[C@H](Cl)c3ccc([NH+]([O-])O)cc3[NH+]([O-])O)cc2)c([NH+]([O-])O)c1. The third-order valence-electron chi connectivity index (χ3n) is 5.74. The molecule has 8 atom stereocenters. The molecule has 3 aromatic carbocycles. The van der Waals surface area contributed by atoms with Crippen LogP contribution in [0.15, 0.2) is 60.7 Å². The van der Waals surface area contributed by atoms with Gasteiger partial charge in [0.2, 0.25) is 0 Å². The van der Waals surface area contributed by atoms with Crippen molar-refractivity contribution in [1.82, 2.24) is 0 Å². The van der Waals surface area contributed by atoms with Crippen LogP contribution in [0, 0.1) is 20.8 Å². The lowest BCUT2D eigenvalue weighted by Gasteiger charge is -2.24. The van der Waals surface area contributed by atoms with Gasteiger partial charge in [0.25, 0.3) is 0 Å². The van der Waals surface area contributed by atoms with Gasteiger partial charge in [0.1, 0.15) is 0 Å². The smallest absolute Gasteiger partial charge is 0.174 e. The summed E-state index contributed by atoms with van der Waals surface area (Å²) in [5.41, 5.74) is 0.269. The lowest BCUT2D eigenvalue weighted by Crippen LogP contribution is -3.01. The van der Waals surface area contributed by atoms with Gasteiger partial charge >= 0.3 is 0 Å². The van der Waals surface area contributed by atoms with Crippen LogP contribution in [0.1, 0.15) is 43.8 Å². The monoisotopic (exact) mass is 610 g/mol. The Bertz CT molecular complexity index is 1140. The molecular weight excluding hydrogens is 590 g/mol. The summed E-state index contributed by atoms with van der Waals surface area (Å²) in [5.74, 6) is 0. The van der Waals surface area contributed by atoms with Crippen molar-refractivity contribution in [2.45, 2.75) is 21.5 Å². The lowest BCUT2D eigenvalue weighted by atomic mass is 9.97. The molecule has 3 rings (SSSR count). The van der Waals surface area contributed by atoms with E-state index in [1.165, 1.54) is 24.3 Å². The summed E-state index contributed by atoms with van der Waals surface area (Å²) < 4.78 is 0. The summed E-state index contributed by atoms with van der Waals surface area (Å²) in [4.78, 5) is 0. The van der Waals surface area contributed by atoms with Gasteiger partial charge in [0.15, 0.2) is 22.7 Å². The Morgan fingerprint density at radius 2 is 0.789 bits per heavy atom. The van der Waals surface area contributed by atoms with Crippen molar-refractivity contribution in [3.05, 3.63) is 104 Å². The molecule has 0 bridgehead atoms. The second kappa shape index (κ2) is 13.1. The van der Waals surface area contributed by atoms with E-state index in [9.17, 15) is 31.2 Å². The molecule has 0 saturated heterocycles. The van der Waals surface area contributed by atoms with Crippen molar-refractivity contribution in [3.8, 4) is 0 Å². The molecule has 0 amide bonds. The molecule has 0 heterocycles. The topological polar surface area (TPSA) is 191 Å². The molecule has 0 aliphatic heterocycles. The van der Waals surface area contributed by atoms with Crippen molar-refractivity contribution < 1.29 is 41.7 Å². The highest BCUT2D eigenvalue weighted by Gasteiger charge is 2.29. The molecule has 4 unspecified atom stereocenters. The van der Waals surface area contributed by atoms with Gasteiger partial charge < -0.3 is 20.8 Å². The molecule has 206 valence electrons. The molecule has 38 heavy (non-hydrogen) atoms. The van der Waals surface area contributed by atoms with Crippen LogP contribution >= 0.6 is 46.4 Å². The molecule has 8 N–H and O–H groups in total. The summed E-state index contributed by atoms with van der Waals surface area (Å²) in [6, 6.07) is 13.5. The van der Waals surface area contributed by atoms with Crippen LogP contribution in [0.2, 0.25) is 0 Å². The molecule has 0 spiro atoms. The summed E-state index contributed by atoms with van der Waals surface area (Å²) >= 11 is 26.1. The van der Waals surface area contributed by atoms with Gasteiger partial charge in [-0.2, -0.15) is 20.9 Å². The average molecular weight is 612 g/mol. The Kier molecular flexibility index (Phi) is 10.7. The Labute approximate surface area is 235 Å². The summed E-state index contributed by atoms with van der Waals surface area (Å²) in [5, 5.41) is 73.9. The average Bonchev–Trinajstić information content (AvgIpc) is 2.90. The van der Waals surface area contributed by atoms with Crippen LogP contribution in [0.5, 0.6) is 0 Å². The third kappa shape index (κ3) is 6.91. The predicted octanol–water partition coefficient (Wildman–Crippen LogP) is 1.82. The summed E-state index contributed by atoms with van der Waals surface area (Å²) in [7, 11) is 0. The van der Waals surface area contributed by atoms with E-state index in [0.717, 1.165) is 12.1 Å². The highest BCUT2D eigenvalue weighted by atomic mass is 35.5. The van der Waals surface area contributed by atoms with E-state index < -0.39 is 42.4 Å². The number of benzene rings is 3. The number of alkyl halides is 4. The third-order valence-corrected chi connectivity index (χ3v) is 7.98. The maximum absolute atomic E-state index is 11.7. The number of hydrogen-bond donors (Lipinski definition) is 8. The van der Waals surface area contributed by atoms with Crippen molar-refractivity contribution in [2.24, 2.45) is 0 Å². The molecule has 0 fully saturated rings. The molecule has 0 aromatic heterocycles. The van der Waals surface area contributed by atoms with Gasteiger partial charge in [0, 0.05) is 23.3 Å². The minimum absolute atomic E-state index is 0.135. The molecule has 0 aliphatic carbocycles. The summed E-state index contributed by atoms with van der Waals surface area (Å²) in [6.07, 6.45) is 0. The maximum Gasteiger partial charge on any atom is 0.174 e. The van der Waals surface area contributed by atoms with Crippen LogP contribution in [0.3, 0.4) is 0 Å². The number of rotatable bonds is 10. The fourth-order valence-electron chi connectivity index (χ4n) is 3.75. The zero-order valence-electron chi connectivity index (χ0n) is 19.0. The highest BCUT2D eigenvalue weighted by molar-refractivity contribution is 6.31. The molecule has 12 nitrogen and oxygen atoms in total. The van der Waals surface area contributed by atoms with E-state index in [4.69, 9.17) is 56.8 Å². The molecule has 0 saturated carbocycles. The first-order chi connectivity index (χ1) is 17.8. The van der Waals surface area contributed by atoms with Crippen LogP contribution < -0.4 is 20.9 Å². The van der Waals surface area contributed by atoms with Gasteiger partial charge in [0.05, 0.1) is 33.6 Å². The van der Waals surface area contributed by atoms with E-state index in [-0.39, 0.29) is 33.9 Å². The summed E-state index contributed by atoms with van der Waals surface area (Å²) in [6.45, 7) is 0. The maximum atomic E-state index is 11.7. The quantitative estimate of drug-likeness (QED) is 0.126. The minimum atomic E-state index is -1.36. The molecule has 16 heteroatoms. The van der Waals surface area contributed by atoms with Gasteiger partial charge in [-0.1, -0.05) is 24.3 Å². The number of quaternary nitrogens is 4. The van der Waals surface area contributed by atoms with E-state index >= 15 is 0 Å². The van der Waals surface area contributed by atoms with E-state index in [1.807, 2.05) is 0 Å². The normalized spacial score (nSPS) is 18.2. The minimum Gasteiger partial charge on any atom is -0.595 e. The largest absolute Gasteiger partial charge is 0.595 e. The molecule has 0 radical (unpaired) electrons. The van der Waals surface area contributed by atoms with Gasteiger partial charge in [-0.3, -0.25) is 0 Å². The standard InChI is InChI=1S/C22H22Cl4N4O8/c23-19(21(25)15-7-5-13(27(31)32)9-17(15)29(35)36)11-1-2-12(4-3-11)20(24)22(26)16-8-6-14(28(33)34)10-18(16)30(37)38/h1-10,19-22,27-31,33,35,37H/t19-,20+,21-,22-/m1/s1. The van der Waals surface area contributed by atoms with Crippen LogP contribution in [-0.4, -0.2) is 20.8 Å². The predicted molar refractivity (Wildman–Crippen MR) is 137 cm³/mol. The molecule has 0 aliphatic rings. The van der Waals surface area contributed by atoms with Crippen molar-refractivity contribution in [1.29, 1.82) is 0 Å². The first-order valence-corrected chi connectivity index (χ1v) is 12.4. The first-order valence-electron chi connectivity index (χ1n) is 10.7. The number of nitrogens with one attached hydrogen (secondary N) is 4. The second-order valence-electron chi connectivity index (χ2n) is 8.10. The van der Waals surface area contributed by atoms with Gasteiger partial charge in [-0.25, -0.2) is 20.8 Å². The Morgan fingerprint density at radius 1 is 0.474 bits per heavy atom. The van der Waals surface area contributed by atoms with Crippen LogP contribution in [-0.2, 0) is 0 Å². The van der Waals surface area contributed by atoms with E-state index in [0.29, 0.717) is 11.1 Å². The Hall–Kier alpha value is -1.66. The lowest BCUT2D eigenvalue weighted by molar-refractivity contribution is -0.996. The Balaban J connectivity index is 1.84. The van der Waals surface area contributed by atoms with Crippen molar-refractivity contribution >= 4 is 69.2 Å². The fraction of sp³-hybridized carbons (Fsp3) is 0.182. The van der Waals surface area contributed by atoms with E-state index in [2.05, 4.69) is 0 Å². The van der Waals surface area contributed by atoms with Crippen LogP contribution in [0.4, 0.5) is 22.7 Å². The fourth-order valence-corrected chi connectivity index (χ4v) is 4.98. The molecular formula is C22H22Cl4N4O8. The first kappa shape index (κ1) is 30.9. The van der Waals surface area contributed by atoms with Gasteiger partial charge in [-0.05, 0) is 23.3 Å². The van der Waals surface area contributed by atoms with Crippen molar-refractivity contribution in [2.75, 3.05) is 0 Å².